The van der Waals surface area contributed by atoms with Gasteiger partial charge in [-0.25, -0.2) is 0 Å². The van der Waals surface area contributed by atoms with Gasteiger partial charge in [-0.3, -0.25) is 15.0 Å². The molecule has 4 nitrogen and oxygen atoms in total. The highest BCUT2D eigenvalue weighted by Crippen LogP contribution is 2.29. The van der Waals surface area contributed by atoms with Crippen molar-refractivity contribution >= 4 is 14.5 Å². The van der Waals surface area contributed by atoms with Gasteiger partial charge in [0.15, 0.2) is 0 Å². The van der Waals surface area contributed by atoms with E-state index in [0.29, 0.717) is 0 Å². The molecule has 0 bridgehead atoms. The first-order valence-corrected chi connectivity index (χ1v) is 10.4. The molecule has 0 spiro atoms. The molecule has 2 aromatic rings. The number of aliphatic imine (C=N–C) groups is 1. The third-order valence-electron chi connectivity index (χ3n) is 2.80. The second kappa shape index (κ2) is 6.63. The molecule has 110 valence electrons. The molecule has 21 heavy (non-hydrogen) atoms. The highest BCUT2D eigenvalue weighted by Gasteiger charge is 2.19. The summed E-state index contributed by atoms with van der Waals surface area (Å²) in [7, 11) is -1.64. The zero-order valence-corrected chi connectivity index (χ0v) is 13.9. The molecule has 0 fully saturated rings. The lowest BCUT2D eigenvalue weighted by atomic mass is 10.1. The van der Waals surface area contributed by atoms with Gasteiger partial charge >= 0.3 is 0 Å². The minimum absolute atomic E-state index is 0.0135. The summed E-state index contributed by atoms with van der Waals surface area (Å²) in [5, 5.41) is 0. The smallest absolute Gasteiger partial charge is 0.242 e. The van der Waals surface area contributed by atoms with Crippen LogP contribution in [0.3, 0.4) is 0 Å². The van der Waals surface area contributed by atoms with Crippen LogP contribution in [-0.2, 0) is 0 Å². The van der Waals surface area contributed by atoms with Gasteiger partial charge in [-0.05, 0) is 32.6 Å². The predicted octanol–water partition coefficient (Wildman–Crippen LogP) is 3.87. The fourth-order valence-corrected chi connectivity index (χ4v) is 2.74. The Hall–Kier alpha value is -2.01. The van der Waals surface area contributed by atoms with Crippen molar-refractivity contribution in [3.8, 4) is 5.75 Å². The zero-order chi connectivity index (χ0) is 15.3. The number of aromatic nitrogens is 2. The Morgan fingerprint density at radius 2 is 1.95 bits per heavy atom. The van der Waals surface area contributed by atoms with Gasteiger partial charge in [0, 0.05) is 24.2 Å². The van der Waals surface area contributed by atoms with Crippen molar-refractivity contribution in [1.29, 1.82) is 0 Å². The van der Waals surface area contributed by atoms with Crippen LogP contribution in [0.15, 0.2) is 47.8 Å². The average molecular weight is 299 g/mol. The van der Waals surface area contributed by atoms with Gasteiger partial charge in [0.2, 0.25) is 8.32 Å². The molecule has 1 unspecified atom stereocenters. The Morgan fingerprint density at radius 3 is 2.62 bits per heavy atom. The van der Waals surface area contributed by atoms with E-state index in [1.54, 1.807) is 24.8 Å². The summed E-state index contributed by atoms with van der Waals surface area (Å²) in [4.78, 5) is 12.8. The van der Waals surface area contributed by atoms with E-state index in [0.717, 1.165) is 17.0 Å². The maximum absolute atomic E-state index is 6.14. The first kappa shape index (κ1) is 15.4. The summed E-state index contributed by atoms with van der Waals surface area (Å²) in [6, 6.07) is 8.11. The molecule has 0 aliphatic rings. The molecule has 0 saturated heterocycles. The molecule has 2 rings (SSSR count). The number of nitrogens with zero attached hydrogens (tertiary/aromatic N) is 3. The maximum Gasteiger partial charge on any atom is 0.242 e. The summed E-state index contributed by atoms with van der Waals surface area (Å²) in [6.45, 7) is 8.59. The number of hydrogen-bond donors (Lipinski definition) is 0. The van der Waals surface area contributed by atoms with Gasteiger partial charge in [0.05, 0.1) is 17.9 Å². The summed E-state index contributed by atoms with van der Waals surface area (Å²) in [6.07, 6.45) is 6.76. The molecule has 0 aliphatic heterocycles. The van der Waals surface area contributed by atoms with Crippen LogP contribution in [0.4, 0.5) is 0 Å². The van der Waals surface area contributed by atoms with Crippen LogP contribution in [0.25, 0.3) is 0 Å². The summed E-state index contributed by atoms with van der Waals surface area (Å²) >= 11 is 0. The van der Waals surface area contributed by atoms with Crippen LogP contribution in [-0.4, -0.2) is 24.5 Å². The second-order valence-corrected chi connectivity index (χ2v) is 10.3. The SMILES string of the molecule is CC(/N=C/c1cnccn1)c1ccccc1O[Si](C)(C)C. The van der Waals surface area contributed by atoms with E-state index >= 15 is 0 Å². The largest absolute Gasteiger partial charge is 0.544 e. The second-order valence-electron chi connectivity index (χ2n) is 5.84. The highest BCUT2D eigenvalue weighted by molar-refractivity contribution is 6.70. The fourth-order valence-electron chi connectivity index (χ4n) is 1.89. The minimum atomic E-state index is -1.64. The lowest BCUT2D eigenvalue weighted by Crippen LogP contribution is -2.29. The van der Waals surface area contributed by atoms with Crippen LogP contribution >= 0.6 is 0 Å². The highest BCUT2D eigenvalue weighted by atomic mass is 28.4. The molecule has 1 aromatic carbocycles. The van der Waals surface area contributed by atoms with Crippen molar-refractivity contribution in [2.45, 2.75) is 32.6 Å². The fraction of sp³-hybridized carbons (Fsp3) is 0.312. The van der Waals surface area contributed by atoms with Gasteiger partial charge in [0.1, 0.15) is 5.75 Å². The molecule has 1 aromatic heterocycles. The van der Waals surface area contributed by atoms with Gasteiger partial charge in [-0.1, -0.05) is 18.2 Å². The molecule has 1 heterocycles. The van der Waals surface area contributed by atoms with Crippen LogP contribution in [0.1, 0.15) is 24.2 Å². The van der Waals surface area contributed by atoms with Gasteiger partial charge in [-0.2, -0.15) is 0 Å². The Bertz CT molecular complexity index is 608. The average Bonchev–Trinajstić information content (AvgIpc) is 2.45. The Labute approximate surface area is 127 Å². The summed E-state index contributed by atoms with van der Waals surface area (Å²) in [5.74, 6) is 0.931. The molecule has 1 atom stereocenters. The first-order chi connectivity index (χ1) is 9.96. The minimum Gasteiger partial charge on any atom is -0.544 e. The quantitative estimate of drug-likeness (QED) is 0.622. The number of rotatable bonds is 5. The monoisotopic (exact) mass is 299 g/mol. The number of benzene rings is 1. The molecule has 0 N–H and O–H groups in total. The third kappa shape index (κ3) is 4.79. The van der Waals surface area contributed by atoms with Gasteiger partial charge < -0.3 is 4.43 Å². The molecule has 0 aliphatic carbocycles. The van der Waals surface area contributed by atoms with E-state index in [-0.39, 0.29) is 6.04 Å². The number of hydrogen-bond acceptors (Lipinski definition) is 4. The molecule has 0 amide bonds. The lowest BCUT2D eigenvalue weighted by Gasteiger charge is -2.22. The Kier molecular flexibility index (Phi) is 4.85. The molecular weight excluding hydrogens is 278 g/mol. The first-order valence-electron chi connectivity index (χ1n) is 7.03. The van der Waals surface area contributed by atoms with Crippen molar-refractivity contribution in [1.82, 2.24) is 9.97 Å². The Morgan fingerprint density at radius 1 is 1.19 bits per heavy atom. The predicted molar refractivity (Wildman–Crippen MR) is 88.5 cm³/mol. The summed E-state index contributed by atoms with van der Waals surface area (Å²) < 4.78 is 6.14. The third-order valence-corrected chi connectivity index (χ3v) is 3.63. The maximum atomic E-state index is 6.14. The van der Waals surface area contributed by atoms with Crippen molar-refractivity contribution < 1.29 is 4.43 Å². The van der Waals surface area contributed by atoms with E-state index in [2.05, 4.69) is 47.6 Å². The van der Waals surface area contributed by atoms with E-state index in [1.165, 1.54) is 0 Å². The topological polar surface area (TPSA) is 47.4 Å². The summed E-state index contributed by atoms with van der Waals surface area (Å²) in [5.41, 5.74) is 1.85. The van der Waals surface area contributed by atoms with Crippen LogP contribution in [0.2, 0.25) is 19.6 Å². The van der Waals surface area contributed by atoms with Crippen molar-refractivity contribution in [2.75, 3.05) is 0 Å². The van der Waals surface area contributed by atoms with E-state index in [4.69, 9.17) is 4.43 Å². The molecular formula is C16H21N3OSi. The van der Waals surface area contributed by atoms with Gasteiger partial charge in [-0.15, -0.1) is 0 Å². The van der Waals surface area contributed by atoms with E-state index in [9.17, 15) is 0 Å². The Balaban J connectivity index is 2.19. The zero-order valence-electron chi connectivity index (χ0n) is 12.9. The number of para-hydroxylation sites is 1. The van der Waals surface area contributed by atoms with Crippen molar-refractivity contribution in [3.63, 3.8) is 0 Å². The van der Waals surface area contributed by atoms with Crippen molar-refractivity contribution in [3.05, 3.63) is 54.1 Å². The van der Waals surface area contributed by atoms with Gasteiger partial charge in [0.25, 0.3) is 0 Å². The lowest BCUT2D eigenvalue weighted by molar-refractivity contribution is 0.543. The molecule has 5 heteroatoms. The van der Waals surface area contributed by atoms with E-state index < -0.39 is 8.32 Å². The molecule has 0 radical (unpaired) electrons. The van der Waals surface area contributed by atoms with Crippen LogP contribution in [0, 0.1) is 0 Å². The normalized spacial score (nSPS) is 13.3. The van der Waals surface area contributed by atoms with E-state index in [1.807, 2.05) is 18.2 Å². The van der Waals surface area contributed by atoms with Crippen LogP contribution < -0.4 is 4.43 Å². The van der Waals surface area contributed by atoms with Crippen molar-refractivity contribution in [2.24, 2.45) is 4.99 Å². The molecule has 0 saturated carbocycles. The van der Waals surface area contributed by atoms with Crippen LogP contribution in [0.5, 0.6) is 5.75 Å². The standard InChI is InChI=1S/C16H21N3OSi/c1-13(19-12-14-11-17-9-10-18-14)15-7-5-6-8-16(15)20-21(2,3)4/h5-13H,1-4H3/b19-12+.